The molecule has 0 saturated heterocycles. The standard InChI is InChI=1S/C9H11ClN4O/c1-9(2)3-6(15)12-5-4-11-8(10)13-7(5)14-9/h4H,3H2,1-2H3,(H,12,15)(H,11,13,14). The lowest BCUT2D eigenvalue weighted by atomic mass is 10.0. The molecule has 0 unspecified atom stereocenters. The fraction of sp³-hybridized carbons (Fsp3) is 0.444. The third-order valence-electron chi connectivity index (χ3n) is 2.09. The van der Waals surface area contributed by atoms with Crippen LogP contribution in [0.2, 0.25) is 5.28 Å². The molecule has 1 aromatic rings. The molecule has 5 nitrogen and oxygen atoms in total. The van der Waals surface area contributed by atoms with Crippen molar-refractivity contribution in [3.8, 4) is 0 Å². The van der Waals surface area contributed by atoms with Crippen LogP contribution in [0.25, 0.3) is 0 Å². The summed E-state index contributed by atoms with van der Waals surface area (Å²) in [5.41, 5.74) is 0.225. The lowest BCUT2D eigenvalue weighted by Gasteiger charge is -2.23. The highest BCUT2D eigenvalue weighted by Gasteiger charge is 2.27. The Labute approximate surface area is 92.3 Å². The molecule has 0 aromatic carbocycles. The second kappa shape index (κ2) is 3.34. The number of amides is 1. The zero-order valence-corrected chi connectivity index (χ0v) is 9.22. The summed E-state index contributed by atoms with van der Waals surface area (Å²) in [6.45, 7) is 3.86. The van der Waals surface area contributed by atoms with Gasteiger partial charge >= 0.3 is 0 Å². The maximum atomic E-state index is 11.5. The van der Waals surface area contributed by atoms with Crippen LogP contribution >= 0.6 is 11.6 Å². The van der Waals surface area contributed by atoms with Crippen LogP contribution < -0.4 is 10.6 Å². The smallest absolute Gasteiger partial charge is 0.226 e. The molecule has 1 amide bonds. The number of nitrogens with zero attached hydrogens (tertiary/aromatic N) is 2. The molecule has 1 aliphatic rings. The van der Waals surface area contributed by atoms with Gasteiger partial charge in [0, 0.05) is 12.0 Å². The fourth-order valence-corrected chi connectivity index (χ4v) is 1.64. The van der Waals surface area contributed by atoms with E-state index < -0.39 is 0 Å². The average molecular weight is 227 g/mol. The van der Waals surface area contributed by atoms with E-state index in [9.17, 15) is 4.79 Å². The van der Waals surface area contributed by atoms with Gasteiger partial charge in [-0.3, -0.25) is 4.79 Å². The largest absolute Gasteiger partial charge is 0.363 e. The van der Waals surface area contributed by atoms with E-state index in [2.05, 4.69) is 20.6 Å². The maximum Gasteiger partial charge on any atom is 0.226 e. The lowest BCUT2D eigenvalue weighted by Crippen LogP contribution is -2.33. The van der Waals surface area contributed by atoms with Gasteiger partial charge in [0.05, 0.1) is 6.20 Å². The summed E-state index contributed by atoms with van der Waals surface area (Å²) in [5, 5.41) is 6.03. The molecular weight excluding hydrogens is 216 g/mol. The Morgan fingerprint density at radius 3 is 3.00 bits per heavy atom. The summed E-state index contributed by atoms with van der Waals surface area (Å²) in [7, 11) is 0. The number of aromatic nitrogens is 2. The van der Waals surface area contributed by atoms with Gasteiger partial charge in [0.25, 0.3) is 0 Å². The Morgan fingerprint density at radius 2 is 2.27 bits per heavy atom. The zero-order chi connectivity index (χ0) is 11.1. The van der Waals surface area contributed by atoms with Crippen molar-refractivity contribution >= 4 is 29.0 Å². The Kier molecular flexibility index (Phi) is 2.26. The van der Waals surface area contributed by atoms with Gasteiger partial charge in [0.15, 0.2) is 5.82 Å². The van der Waals surface area contributed by atoms with Crippen LogP contribution in [0.15, 0.2) is 6.20 Å². The van der Waals surface area contributed by atoms with Gasteiger partial charge in [0.2, 0.25) is 11.2 Å². The Hall–Kier alpha value is -1.36. The minimum atomic E-state index is -0.340. The number of hydrogen-bond acceptors (Lipinski definition) is 4. The summed E-state index contributed by atoms with van der Waals surface area (Å²) in [4.78, 5) is 19.4. The number of hydrogen-bond donors (Lipinski definition) is 2. The summed E-state index contributed by atoms with van der Waals surface area (Å²) in [6, 6.07) is 0. The predicted octanol–water partition coefficient (Wildman–Crippen LogP) is 1.66. The van der Waals surface area contributed by atoms with Crippen LogP contribution in [0, 0.1) is 0 Å². The summed E-state index contributed by atoms with van der Waals surface area (Å²) >= 11 is 5.68. The summed E-state index contributed by atoms with van der Waals surface area (Å²) in [6.07, 6.45) is 1.87. The van der Waals surface area contributed by atoms with Gasteiger partial charge in [-0.25, -0.2) is 4.98 Å². The van der Waals surface area contributed by atoms with Gasteiger partial charge in [-0.05, 0) is 25.4 Å². The minimum absolute atomic E-state index is 0.0582. The maximum absolute atomic E-state index is 11.5. The topological polar surface area (TPSA) is 66.9 Å². The van der Waals surface area contributed by atoms with Crippen LogP contribution in [0.1, 0.15) is 20.3 Å². The van der Waals surface area contributed by atoms with Crippen molar-refractivity contribution in [2.45, 2.75) is 25.8 Å². The van der Waals surface area contributed by atoms with Gasteiger partial charge < -0.3 is 10.6 Å². The molecule has 2 N–H and O–H groups in total. The van der Waals surface area contributed by atoms with Crippen molar-refractivity contribution in [1.29, 1.82) is 0 Å². The number of halogens is 1. The molecule has 2 rings (SSSR count). The highest BCUT2D eigenvalue weighted by molar-refractivity contribution is 6.28. The molecule has 2 heterocycles. The van der Waals surface area contributed by atoms with E-state index in [4.69, 9.17) is 11.6 Å². The van der Waals surface area contributed by atoms with E-state index >= 15 is 0 Å². The Balaban J connectivity index is 2.45. The number of rotatable bonds is 0. The van der Waals surface area contributed by atoms with Crippen molar-refractivity contribution in [1.82, 2.24) is 9.97 Å². The van der Waals surface area contributed by atoms with E-state index in [1.54, 1.807) is 0 Å². The van der Waals surface area contributed by atoms with Crippen molar-refractivity contribution in [2.24, 2.45) is 0 Å². The molecule has 0 aliphatic carbocycles. The van der Waals surface area contributed by atoms with Crippen molar-refractivity contribution in [2.75, 3.05) is 10.6 Å². The summed E-state index contributed by atoms with van der Waals surface area (Å²) in [5.74, 6) is 0.503. The molecule has 0 saturated carbocycles. The van der Waals surface area contributed by atoms with Crippen LogP contribution in [0.3, 0.4) is 0 Å². The number of fused-ring (bicyclic) bond motifs is 1. The molecule has 1 aliphatic heterocycles. The SMILES string of the molecule is CC1(C)CC(=O)Nc2cnc(Cl)nc2N1. The van der Waals surface area contributed by atoms with Crippen molar-refractivity contribution in [3.63, 3.8) is 0 Å². The predicted molar refractivity (Wildman–Crippen MR) is 58.0 cm³/mol. The first kappa shape index (κ1) is 10.2. The highest BCUT2D eigenvalue weighted by Crippen LogP contribution is 2.28. The van der Waals surface area contributed by atoms with E-state index in [0.717, 1.165) is 0 Å². The van der Waals surface area contributed by atoms with Crippen LogP contribution in [-0.2, 0) is 4.79 Å². The number of carbonyl (C=O) groups excluding carboxylic acids is 1. The van der Waals surface area contributed by atoms with Crippen LogP contribution in [0.4, 0.5) is 11.5 Å². The normalized spacial score (nSPS) is 18.5. The van der Waals surface area contributed by atoms with Gasteiger partial charge in [-0.2, -0.15) is 4.98 Å². The van der Waals surface area contributed by atoms with Gasteiger partial charge in [-0.1, -0.05) is 0 Å². The average Bonchev–Trinajstić information content (AvgIpc) is 2.17. The molecular formula is C9H11ClN4O. The molecule has 0 radical (unpaired) electrons. The molecule has 15 heavy (non-hydrogen) atoms. The molecule has 0 spiro atoms. The third kappa shape index (κ3) is 2.18. The second-order valence-electron chi connectivity index (χ2n) is 4.14. The second-order valence-corrected chi connectivity index (χ2v) is 4.47. The van der Waals surface area contributed by atoms with E-state index in [0.29, 0.717) is 17.9 Å². The molecule has 6 heteroatoms. The lowest BCUT2D eigenvalue weighted by molar-refractivity contribution is -0.116. The Morgan fingerprint density at radius 1 is 1.53 bits per heavy atom. The first-order chi connectivity index (χ1) is 6.96. The van der Waals surface area contributed by atoms with Gasteiger partial charge in [0.1, 0.15) is 5.69 Å². The van der Waals surface area contributed by atoms with E-state index in [-0.39, 0.29) is 16.7 Å². The monoisotopic (exact) mass is 226 g/mol. The number of carbonyl (C=O) groups is 1. The van der Waals surface area contributed by atoms with Crippen molar-refractivity contribution in [3.05, 3.63) is 11.5 Å². The molecule has 0 atom stereocenters. The quantitative estimate of drug-likeness (QED) is 0.661. The fourth-order valence-electron chi connectivity index (χ4n) is 1.51. The zero-order valence-electron chi connectivity index (χ0n) is 8.47. The molecule has 0 fully saturated rings. The minimum Gasteiger partial charge on any atom is -0.363 e. The van der Waals surface area contributed by atoms with Crippen molar-refractivity contribution < 1.29 is 4.79 Å². The number of anilines is 2. The van der Waals surface area contributed by atoms with Gasteiger partial charge in [-0.15, -0.1) is 0 Å². The molecule has 1 aromatic heterocycles. The summed E-state index contributed by atoms with van der Waals surface area (Å²) < 4.78 is 0. The third-order valence-corrected chi connectivity index (χ3v) is 2.27. The van der Waals surface area contributed by atoms with Crippen LogP contribution in [0.5, 0.6) is 0 Å². The van der Waals surface area contributed by atoms with E-state index in [1.807, 2.05) is 13.8 Å². The highest BCUT2D eigenvalue weighted by atomic mass is 35.5. The Bertz CT molecular complexity index is 419. The first-order valence-electron chi connectivity index (χ1n) is 4.57. The first-order valence-corrected chi connectivity index (χ1v) is 4.95. The molecule has 0 bridgehead atoms. The van der Waals surface area contributed by atoms with E-state index in [1.165, 1.54) is 6.20 Å². The number of nitrogens with one attached hydrogen (secondary N) is 2. The molecule has 80 valence electrons. The van der Waals surface area contributed by atoms with Crippen LogP contribution in [-0.4, -0.2) is 21.4 Å².